The fourth-order valence-electron chi connectivity index (χ4n) is 1.45. The van der Waals surface area contributed by atoms with E-state index in [1.54, 1.807) is 6.08 Å². The van der Waals surface area contributed by atoms with Crippen molar-refractivity contribution in [3.05, 3.63) is 12.7 Å². The van der Waals surface area contributed by atoms with E-state index < -0.39 is 0 Å². The molecule has 1 atom stereocenters. The number of hydrogen-bond donors (Lipinski definition) is 2. The summed E-state index contributed by atoms with van der Waals surface area (Å²) in [6, 6.07) is 0. The lowest BCUT2D eigenvalue weighted by Gasteiger charge is -2.22. The second-order valence-electron chi connectivity index (χ2n) is 3.36. The molecule has 2 N–H and O–H groups in total. The Labute approximate surface area is 73.2 Å². The minimum Gasteiger partial charge on any atom is -0.351 e. The molecule has 0 aromatic rings. The van der Waals surface area contributed by atoms with Gasteiger partial charge in [-0.2, -0.15) is 0 Å². The van der Waals surface area contributed by atoms with Crippen LogP contribution < -0.4 is 10.6 Å². The van der Waals surface area contributed by atoms with Gasteiger partial charge in [-0.3, -0.25) is 4.79 Å². The maximum atomic E-state index is 11.5. The van der Waals surface area contributed by atoms with E-state index in [2.05, 4.69) is 17.2 Å². The van der Waals surface area contributed by atoms with Gasteiger partial charge in [0.1, 0.15) is 0 Å². The van der Waals surface area contributed by atoms with Crippen molar-refractivity contribution in [1.29, 1.82) is 0 Å². The monoisotopic (exact) mass is 168 g/mol. The van der Waals surface area contributed by atoms with Crippen LogP contribution in [0.2, 0.25) is 0 Å². The van der Waals surface area contributed by atoms with E-state index >= 15 is 0 Å². The third-order valence-corrected chi connectivity index (χ3v) is 2.28. The van der Waals surface area contributed by atoms with Crippen LogP contribution in [0.25, 0.3) is 0 Å². The van der Waals surface area contributed by atoms with Crippen LogP contribution in [0.3, 0.4) is 0 Å². The maximum Gasteiger partial charge on any atom is 0.240 e. The number of carbonyl (C=O) groups excluding carboxylic acids is 1. The maximum absolute atomic E-state index is 11.5. The molecule has 0 aliphatic carbocycles. The highest BCUT2D eigenvalue weighted by Gasteiger charge is 2.35. The number of rotatable bonds is 3. The zero-order valence-corrected chi connectivity index (χ0v) is 7.52. The minimum absolute atomic E-state index is 0.0832. The molecule has 0 aromatic carbocycles. The molecular weight excluding hydrogens is 152 g/mol. The summed E-state index contributed by atoms with van der Waals surface area (Å²) in [7, 11) is 0. The Hall–Kier alpha value is -0.830. The first kappa shape index (κ1) is 9.26. The molecule has 0 saturated carbocycles. The zero-order valence-electron chi connectivity index (χ0n) is 7.52. The van der Waals surface area contributed by atoms with Gasteiger partial charge in [0.05, 0.1) is 5.54 Å². The van der Waals surface area contributed by atoms with Crippen LogP contribution in [-0.2, 0) is 4.79 Å². The zero-order chi connectivity index (χ0) is 9.03. The normalized spacial score (nSPS) is 28.4. The van der Waals surface area contributed by atoms with Crippen molar-refractivity contribution < 1.29 is 4.79 Å². The van der Waals surface area contributed by atoms with Crippen molar-refractivity contribution in [1.82, 2.24) is 10.6 Å². The molecule has 68 valence electrons. The van der Waals surface area contributed by atoms with Crippen molar-refractivity contribution in [2.75, 3.05) is 13.1 Å². The Morgan fingerprint density at radius 1 is 1.83 bits per heavy atom. The molecule has 3 heteroatoms. The van der Waals surface area contributed by atoms with Crippen molar-refractivity contribution in [2.24, 2.45) is 0 Å². The molecular formula is C9H16N2O. The van der Waals surface area contributed by atoms with Gasteiger partial charge in [-0.25, -0.2) is 0 Å². The van der Waals surface area contributed by atoms with E-state index in [9.17, 15) is 4.79 Å². The first-order valence-electron chi connectivity index (χ1n) is 4.33. The number of hydrogen-bond acceptors (Lipinski definition) is 2. The molecule has 1 saturated heterocycles. The Morgan fingerprint density at radius 3 is 3.08 bits per heavy atom. The van der Waals surface area contributed by atoms with Crippen LogP contribution in [0.1, 0.15) is 19.8 Å². The number of carbonyl (C=O) groups is 1. The van der Waals surface area contributed by atoms with Gasteiger partial charge in [0.25, 0.3) is 0 Å². The average Bonchev–Trinajstić information content (AvgIpc) is 2.49. The predicted octanol–water partition coefficient (Wildman–Crippen LogP) is 0.431. The van der Waals surface area contributed by atoms with Gasteiger partial charge in [0, 0.05) is 6.54 Å². The molecule has 1 aliphatic heterocycles. The SMILES string of the molecule is C=CCNC(=O)C1(C)CCCN1. The van der Waals surface area contributed by atoms with E-state index in [1.165, 1.54) is 0 Å². The van der Waals surface area contributed by atoms with E-state index in [0.717, 1.165) is 19.4 Å². The van der Waals surface area contributed by atoms with E-state index in [0.29, 0.717) is 6.54 Å². The van der Waals surface area contributed by atoms with Crippen molar-refractivity contribution >= 4 is 5.91 Å². The highest BCUT2D eigenvalue weighted by atomic mass is 16.2. The molecule has 1 amide bonds. The van der Waals surface area contributed by atoms with Gasteiger partial charge in [0.2, 0.25) is 5.91 Å². The summed E-state index contributed by atoms with van der Waals surface area (Å²) in [4.78, 5) is 11.5. The molecule has 1 rings (SSSR count). The molecule has 0 radical (unpaired) electrons. The van der Waals surface area contributed by atoms with Crippen molar-refractivity contribution in [3.8, 4) is 0 Å². The third kappa shape index (κ3) is 1.85. The minimum atomic E-state index is -0.344. The Balaban J connectivity index is 2.44. The molecule has 0 aromatic heterocycles. The second kappa shape index (κ2) is 3.72. The molecule has 1 heterocycles. The van der Waals surface area contributed by atoms with Crippen LogP contribution in [0, 0.1) is 0 Å². The van der Waals surface area contributed by atoms with Gasteiger partial charge >= 0.3 is 0 Å². The van der Waals surface area contributed by atoms with Crippen LogP contribution >= 0.6 is 0 Å². The molecule has 1 unspecified atom stereocenters. The van der Waals surface area contributed by atoms with Gasteiger partial charge in [0.15, 0.2) is 0 Å². The fourth-order valence-corrected chi connectivity index (χ4v) is 1.45. The first-order chi connectivity index (χ1) is 5.69. The van der Waals surface area contributed by atoms with Crippen molar-refractivity contribution in [2.45, 2.75) is 25.3 Å². The highest BCUT2D eigenvalue weighted by molar-refractivity contribution is 5.86. The summed E-state index contributed by atoms with van der Waals surface area (Å²) in [6.45, 7) is 6.98. The average molecular weight is 168 g/mol. The molecule has 1 fully saturated rings. The quantitative estimate of drug-likeness (QED) is 0.600. The van der Waals surface area contributed by atoms with E-state index in [1.807, 2.05) is 6.92 Å². The lowest BCUT2D eigenvalue weighted by atomic mass is 9.99. The molecule has 12 heavy (non-hydrogen) atoms. The van der Waals surface area contributed by atoms with Crippen LogP contribution in [-0.4, -0.2) is 24.5 Å². The van der Waals surface area contributed by atoms with Crippen LogP contribution in [0.4, 0.5) is 0 Å². The first-order valence-corrected chi connectivity index (χ1v) is 4.33. The van der Waals surface area contributed by atoms with E-state index in [4.69, 9.17) is 0 Å². The highest BCUT2D eigenvalue weighted by Crippen LogP contribution is 2.17. The Morgan fingerprint density at radius 2 is 2.58 bits per heavy atom. The van der Waals surface area contributed by atoms with Crippen LogP contribution in [0.15, 0.2) is 12.7 Å². The summed E-state index contributed by atoms with van der Waals surface area (Å²) in [5.74, 6) is 0.0832. The second-order valence-corrected chi connectivity index (χ2v) is 3.36. The smallest absolute Gasteiger partial charge is 0.240 e. The van der Waals surface area contributed by atoms with E-state index in [-0.39, 0.29) is 11.4 Å². The van der Waals surface area contributed by atoms with Gasteiger partial charge in [-0.05, 0) is 26.3 Å². The fraction of sp³-hybridized carbons (Fsp3) is 0.667. The van der Waals surface area contributed by atoms with Crippen LogP contribution in [0.5, 0.6) is 0 Å². The third-order valence-electron chi connectivity index (χ3n) is 2.28. The summed E-state index contributed by atoms with van der Waals surface area (Å²) < 4.78 is 0. The van der Waals surface area contributed by atoms with Gasteiger partial charge in [-0.15, -0.1) is 6.58 Å². The summed E-state index contributed by atoms with van der Waals surface area (Å²) >= 11 is 0. The Kier molecular flexibility index (Phi) is 2.87. The van der Waals surface area contributed by atoms with Gasteiger partial charge < -0.3 is 10.6 Å². The Bertz CT molecular complexity index is 183. The summed E-state index contributed by atoms with van der Waals surface area (Å²) in [6.07, 6.45) is 3.70. The molecule has 1 aliphatic rings. The number of nitrogens with one attached hydrogen (secondary N) is 2. The standard InChI is InChI=1S/C9H16N2O/c1-3-6-10-8(12)9(2)5-4-7-11-9/h3,11H,1,4-7H2,2H3,(H,10,12). The lowest BCUT2D eigenvalue weighted by molar-refractivity contribution is -0.126. The lowest BCUT2D eigenvalue weighted by Crippen LogP contribution is -2.51. The molecule has 3 nitrogen and oxygen atoms in total. The van der Waals surface area contributed by atoms with Gasteiger partial charge in [-0.1, -0.05) is 6.08 Å². The summed E-state index contributed by atoms with van der Waals surface area (Å²) in [5, 5.41) is 5.99. The predicted molar refractivity (Wildman–Crippen MR) is 48.8 cm³/mol. The summed E-state index contributed by atoms with van der Waals surface area (Å²) in [5.41, 5.74) is -0.344. The van der Waals surface area contributed by atoms with Crippen molar-refractivity contribution in [3.63, 3.8) is 0 Å². The topological polar surface area (TPSA) is 41.1 Å². The number of amides is 1. The molecule has 0 bridgehead atoms. The molecule has 0 spiro atoms. The largest absolute Gasteiger partial charge is 0.351 e.